The van der Waals surface area contributed by atoms with Crippen LogP contribution >= 0.6 is 0 Å². The topological polar surface area (TPSA) is 78.9 Å². The minimum Gasteiger partial charge on any atom is -0.462 e. The predicted octanol–water partition coefficient (Wildman–Crippen LogP) is 20.9. The number of carbonyl (C=O) groups excluding carboxylic acids is 3. The van der Waals surface area contributed by atoms with Gasteiger partial charge in [0, 0.05) is 19.3 Å². The summed E-state index contributed by atoms with van der Waals surface area (Å²) >= 11 is 0. The van der Waals surface area contributed by atoms with Crippen molar-refractivity contribution in [2.45, 2.75) is 297 Å². The number of rotatable bonds is 55. The molecule has 6 heteroatoms. The first-order chi connectivity index (χ1) is 36.0. The number of hydrogen-bond acceptors (Lipinski definition) is 6. The molecule has 0 unspecified atom stereocenters. The Hall–Kier alpha value is -3.67. The van der Waals surface area contributed by atoms with Gasteiger partial charge in [-0.2, -0.15) is 0 Å². The van der Waals surface area contributed by atoms with Crippen molar-refractivity contribution >= 4 is 17.9 Å². The fourth-order valence-corrected chi connectivity index (χ4v) is 8.43. The number of esters is 3. The van der Waals surface area contributed by atoms with Gasteiger partial charge in [-0.1, -0.05) is 272 Å². The lowest BCUT2D eigenvalue weighted by molar-refractivity contribution is -0.166. The van der Waals surface area contributed by atoms with Gasteiger partial charge >= 0.3 is 17.9 Å². The minimum absolute atomic E-state index is 0.114. The predicted molar refractivity (Wildman–Crippen MR) is 316 cm³/mol. The van der Waals surface area contributed by atoms with Gasteiger partial charge in [0.25, 0.3) is 0 Å². The monoisotopic (exact) mass is 1010 g/mol. The second-order valence-electron chi connectivity index (χ2n) is 20.3. The molecule has 418 valence electrons. The van der Waals surface area contributed by atoms with Crippen molar-refractivity contribution < 1.29 is 28.6 Å². The third-order valence-electron chi connectivity index (χ3n) is 13.1. The Bertz CT molecular complexity index is 1440. The van der Waals surface area contributed by atoms with Crippen molar-refractivity contribution in [1.82, 2.24) is 0 Å². The van der Waals surface area contributed by atoms with Crippen LogP contribution in [0, 0.1) is 0 Å². The molecule has 73 heavy (non-hydrogen) atoms. The quantitative estimate of drug-likeness (QED) is 0.0261. The molecule has 0 rings (SSSR count). The van der Waals surface area contributed by atoms with Crippen molar-refractivity contribution in [1.29, 1.82) is 0 Å². The average molecular weight is 1020 g/mol. The summed E-state index contributed by atoms with van der Waals surface area (Å²) in [6, 6.07) is 0. The van der Waals surface area contributed by atoms with Gasteiger partial charge in [-0.05, 0) is 96.3 Å². The van der Waals surface area contributed by atoms with E-state index in [1.807, 2.05) is 6.08 Å². The second kappa shape index (κ2) is 60.9. The minimum atomic E-state index is -0.828. The number of unbranched alkanes of at least 4 members (excludes halogenated alkanes) is 28. The van der Waals surface area contributed by atoms with E-state index in [0.717, 1.165) is 70.6 Å². The van der Waals surface area contributed by atoms with Crippen LogP contribution in [0.5, 0.6) is 0 Å². The molecule has 1 atom stereocenters. The molecular weight excluding hydrogens is 901 g/mol. The van der Waals surface area contributed by atoms with Gasteiger partial charge in [-0.15, -0.1) is 0 Å². The van der Waals surface area contributed by atoms with Crippen LogP contribution in [0.1, 0.15) is 290 Å². The van der Waals surface area contributed by atoms with E-state index in [1.165, 1.54) is 167 Å². The summed E-state index contributed by atoms with van der Waals surface area (Å²) in [5, 5.41) is 0. The van der Waals surface area contributed by atoms with E-state index < -0.39 is 6.10 Å². The van der Waals surface area contributed by atoms with Crippen LogP contribution in [0.2, 0.25) is 0 Å². The zero-order valence-corrected chi connectivity index (χ0v) is 47.9. The molecule has 0 saturated heterocycles. The summed E-state index contributed by atoms with van der Waals surface area (Å²) in [5.74, 6) is -1.03. The van der Waals surface area contributed by atoms with E-state index in [4.69, 9.17) is 14.2 Å². The average Bonchev–Trinajstić information content (AvgIpc) is 3.39. The van der Waals surface area contributed by atoms with Crippen molar-refractivity contribution in [3.05, 3.63) is 97.2 Å². The number of allylic oxidation sites excluding steroid dienone is 16. The highest BCUT2D eigenvalue weighted by Crippen LogP contribution is 2.16. The maximum absolute atomic E-state index is 12.9. The van der Waals surface area contributed by atoms with Crippen LogP contribution in [-0.4, -0.2) is 37.2 Å². The molecule has 0 radical (unpaired) electrons. The van der Waals surface area contributed by atoms with Crippen molar-refractivity contribution in [2.24, 2.45) is 0 Å². The summed E-state index contributed by atoms with van der Waals surface area (Å²) < 4.78 is 16.8. The van der Waals surface area contributed by atoms with Crippen LogP contribution in [0.25, 0.3) is 0 Å². The van der Waals surface area contributed by atoms with Crippen molar-refractivity contribution in [3.8, 4) is 0 Å². The molecule has 0 heterocycles. The van der Waals surface area contributed by atoms with Crippen LogP contribution in [0.15, 0.2) is 97.2 Å². The van der Waals surface area contributed by atoms with E-state index >= 15 is 0 Å². The first-order valence-electron chi connectivity index (χ1n) is 30.7. The molecule has 0 saturated carbocycles. The Balaban J connectivity index is 4.48. The molecule has 0 fully saturated rings. The van der Waals surface area contributed by atoms with Gasteiger partial charge in [0.05, 0.1) is 0 Å². The summed E-state index contributed by atoms with van der Waals surface area (Å²) in [6.07, 6.45) is 81.4. The van der Waals surface area contributed by atoms with Crippen LogP contribution in [0.4, 0.5) is 0 Å². The van der Waals surface area contributed by atoms with Crippen LogP contribution in [0.3, 0.4) is 0 Å². The van der Waals surface area contributed by atoms with E-state index in [2.05, 4.69) is 112 Å². The summed E-state index contributed by atoms with van der Waals surface area (Å²) in [4.78, 5) is 38.2. The third kappa shape index (κ3) is 59.1. The van der Waals surface area contributed by atoms with Gasteiger partial charge in [-0.25, -0.2) is 0 Å². The number of hydrogen-bond donors (Lipinski definition) is 0. The Labute approximate surface area is 451 Å². The lowest BCUT2D eigenvalue weighted by atomic mass is 10.0. The van der Waals surface area contributed by atoms with Gasteiger partial charge in [-0.3, -0.25) is 14.4 Å². The van der Waals surface area contributed by atoms with E-state index in [1.54, 1.807) is 0 Å². The first kappa shape index (κ1) is 69.3. The summed E-state index contributed by atoms with van der Waals surface area (Å²) in [7, 11) is 0. The zero-order chi connectivity index (χ0) is 52.9. The molecule has 0 spiro atoms. The van der Waals surface area contributed by atoms with Gasteiger partial charge in [0.1, 0.15) is 13.2 Å². The highest BCUT2D eigenvalue weighted by atomic mass is 16.6. The first-order valence-corrected chi connectivity index (χ1v) is 30.7. The van der Waals surface area contributed by atoms with Crippen LogP contribution in [-0.2, 0) is 28.6 Å². The fraction of sp³-hybridized carbons (Fsp3) is 0.716. The Morgan fingerprint density at radius 2 is 0.521 bits per heavy atom. The molecule has 6 nitrogen and oxygen atoms in total. The molecule has 0 N–H and O–H groups in total. The smallest absolute Gasteiger partial charge is 0.306 e. The molecule has 0 aromatic heterocycles. The molecule has 0 aliphatic heterocycles. The molecule has 0 aliphatic carbocycles. The summed E-state index contributed by atoms with van der Waals surface area (Å²) in [5.41, 5.74) is 0. The zero-order valence-electron chi connectivity index (χ0n) is 47.9. The Morgan fingerprint density at radius 3 is 0.877 bits per heavy atom. The maximum atomic E-state index is 12.9. The molecule has 0 aromatic rings. The van der Waals surface area contributed by atoms with Gasteiger partial charge in [0.2, 0.25) is 0 Å². The van der Waals surface area contributed by atoms with E-state index in [9.17, 15) is 14.4 Å². The lowest BCUT2D eigenvalue weighted by Gasteiger charge is -2.18. The van der Waals surface area contributed by atoms with Crippen molar-refractivity contribution in [3.63, 3.8) is 0 Å². The van der Waals surface area contributed by atoms with E-state index in [0.29, 0.717) is 19.3 Å². The lowest BCUT2D eigenvalue weighted by Crippen LogP contribution is -2.30. The maximum Gasteiger partial charge on any atom is 0.306 e. The van der Waals surface area contributed by atoms with Crippen LogP contribution < -0.4 is 0 Å². The Kier molecular flexibility index (Phi) is 57.8. The largest absolute Gasteiger partial charge is 0.462 e. The summed E-state index contributed by atoms with van der Waals surface area (Å²) in [6.45, 7) is 6.51. The van der Waals surface area contributed by atoms with Crippen molar-refractivity contribution in [2.75, 3.05) is 13.2 Å². The van der Waals surface area contributed by atoms with Gasteiger partial charge < -0.3 is 14.2 Å². The third-order valence-corrected chi connectivity index (χ3v) is 13.1. The second-order valence-corrected chi connectivity index (χ2v) is 20.3. The number of carbonyl (C=O) groups is 3. The number of ether oxygens (including phenoxy) is 3. The van der Waals surface area contributed by atoms with Gasteiger partial charge in [0.15, 0.2) is 6.10 Å². The molecule has 0 aromatic carbocycles. The standard InChI is InChI=1S/C67H114O6/c1-4-7-10-13-16-19-22-25-28-30-32-33-35-37-40-42-45-48-51-54-57-60-66(69)72-63-64(73-67(70)61-58-55-52-49-46-43-38-27-24-21-18-15-12-9-6-3)62-71-65(68)59-56-53-50-47-44-41-39-36-34-31-29-26-23-20-17-14-11-8-5-2/h17-18,20-21,26-27,29,34,36,38,41,44,46,49-50,53,64H,4-16,19,22-25,28,30-33,35,37,39-40,42-43,45,47-48,51-52,54-63H2,1-3H3/b20-17-,21-18-,29-26-,36-34-,38-27-,44-41-,49-46-,53-50-/t64-/m1/s1. The normalized spacial score (nSPS) is 12.8. The SMILES string of the molecule is CCCCC/C=C\C/C=C\C/C=C\C/C=C\C/C=C\CCC(=O)OC[C@H](COC(=O)CCCCCCCCCCCCCCCCCCCCCCC)OC(=O)CCCC/C=C\C/C=C\C/C=C\CCCCC. The molecule has 0 bridgehead atoms. The molecular formula is C67H114O6. The molecule has 0 amide bonds. The van der Waals surface area contributed by atoms with E-state index in [-0.39, 0.29) is 44.0 Å². The Morgan fingerprint density at radius 1 is 0.274 bits per heavy atom. The highest BCUT2D eigenvalue weighted by molar-refractivity contribution is 5.71. The highest BCUT2D eigenvalue weighted by Gasteiger charge is 2.19. The fourth-order valence-electron chi connectivity index (χ4n) is 8.43. The molecule has 0 aliphatic rings.